The number of amides is 1. The van der Waals surface area contributed by atoms with Crippen molar-refractivity contribution in [2.75, 3.05) is 41.8 Å². The molecule has 0 radical (unpaired) electrons. The lowest BCUT2D eigenvalue weighted by Gasteiger charge is -2.35. The number of rotatable bonds is 7. The number of halogens is 1. The van der Waals surface area contributed by atoms with Crippen molar-refractivity contribution in [2.24, 2.45) is 0 Å². The van der Waals surface area contributed by atoms with Crippen LogP contribution in [0.4, 0.5) is 0 Å². The van der Waals surface area contributed by atoms with E-state index in [4.69, 9.17) is 59.0 Å². The molecule has 7 rings (SSSR count). The molecule has 4 bridgehead atoms. The second-order valence-electron chi connectivity index (χ2n) is 13.1. The highest BCUT2D eigenvalue weighted by atomic mass is 35.5. The summed E-state index contributed by atoms with van der Waals surface area (Å²) in [4.78, 5) is 13.7. The molecule has 51 heavy (non-hydrogen) atoms. The highest BCUT2D eigenvalue weighted by Crippen LogP contribution is 2.52. The lowest BCUT2D eigenvalue weighted by molar-refractivity contribution is -0.166. The SMILES string of the molecule is COCO[C@@H]1CC(=O)NC[C@H]2O[C@@H](c3ccc(OC)cc3)O[C@]23C#CC2=CC[C@H]4OC(C)(C)O[C@@]24[C@@H](C#C[C@H]3OC)Oc2c(OC)ccc1c2Cl. The second kappa shape index (κ2) is 14.0. The van der Waals surface area contributed by atoms with Crippen LogP contribution in [0.3, 0.4) is 0 Å². The molecule has 8 atom stereocenters. The molecule has 2 fully saturated rings. The zero-order chi connectivity index (χ0) is 36.0. The third-order valence-electron chi connectivity index (χ3n) is 9.62. The quantitative estimate of drug-likeness (QED) is 0.324. The Balaban J connectivity index is 1.43. The minimum absolute atomic E-state index is 0.000311. The molecule has 0 unspecified atom stereocenters. The van der Waals surface area contributed by atoms with Crippen LogP contribution < -0.4 is 19.5 Å². The van der Waals surface area contributed by atoms with Crippen LogP contribution in [0.5, 0.6) is 17.2 Å². The molecule has 2 aliphatic carbocycles. The van der Waals surface area contributed by atoms with Crippen molar-refractivity contribution >= 4 is 17.5 Å². The molecular formula is C38H40ClNO11. The van der Waals surface area contributed by atoms with E-state index in [-0.39, 0.29) is 36.4 Å². The number of fused-ring (bicyclic) bond motifs is 4. The van der Waals surface area contributed by atoms with Crippen LogP contribution in [0.1, 0.15) is 50.2 Å². The van der Waals surface area contributed by atoms with Crippen molar-refractivity contribution in [1.82, 2.24) is 5.32 Å². The Kier molecular flexibility index (Phi) is 9.74. The van der Waals surface area contributed by atoms with Gasteiger partial charge in [-0.1, -0.05) is 59.6 Å². The lowest BCUT2D eigenvalue weighted by atomic mass is 9.87. The van der Waals surface area contributed by atoms with Crippen molar-refractivity contribution in [2.45, 2.75) is 80.5 Å². The first-order valence-electron chi connectivity index (χ1n) is 16.6. The molecule has 2 aromatic rings. The molecule has 5 aliphatic rings. The molecule has 2 aromatic carbocycles. The van der Waals surface area contributed by atoms with Gasteiger partial charge in [0.05, 0.1) is 31.8 Å². The molecule has 1 N–H and O–H groups in total. The Hall–Kier alpha value is -3.82. The third kappa shape index (κ3) is 6.24. The smallest absolute Gasteiger partial charge is 0.223 e. The third-order valence-corrected chi connectivity index (χ3v) is 10.0. The molecule has 13 heteroatoms. The van der Waals surface area contributed by atoms with Crippen LogP contribution in [0.15, 0.2) is 48.0 Å². The van der Waals surface area contributed by atoms with Crippen LogP contribution >= 0.6 is 11.6 Å². The molecule has 0 saturated carbocycles. The molecule has 3 heterocycles. The predicted molar refractivity (Wildman–Crippen MR) is 182 cm³/mol. The molecule has 1 amide bonds. The Morgan fingerprint density at radius 3 is 2.53 bits per heavy atom. The van der Waals surface area contributed by atoms with Gasteiger partial charge in [-0.25, -0.2) is 0 Å². The van der Waals surface area contributed by atoms with Gasteiger partial charge < -0.3 is 52.7 Å². The number of benzene rings is 2. The summed E-state index contributed by atoms with van der Waals surface area (Å²) in [5.74, 6) is 13.2. The second-order valence-corrected chi connectivity index (χ2v) is 13.5. The van der Waals surface area contributed by atoms with E-state index in [2.05, 4.69) is 29.0 Å². The summed E-state index contributed by atoms with van der Waals surface area (Å²) in [5.41, 5.74) is -0.991. The average Bonchev–Trinajstić information content (AvgIpc) is 3.75. The maximum absolute atomic E-state index is 13.7. The van der Waals surface area contributed by atoms with Gasteiger partial charge in [0, 0.05) is 37.5 Å². The molecule has 2 spiro atoms. The van der Waals surface area contributed by atoms with E-state index in [1.807, 2.05) is 44.2 Å². The fraction of sp³-hybridized carbons (Fsp3) is 0.500. The number of hydrogen-bond acceptors (Lipinski definition) is 11. The number of methoxy groups -OCH3 is 4. The zero-order valence-corrected chi connectivity index (χ0v) is 30.0. The van der Waals surface area contributed by atoms with Crippen LogP contribution in [-0.4, -0.2) is 89.1 Å². The van der Waals surface area contributed by atoms with Crippen LogP contribution in [-0.2, 0) is 38.0 Å². The first-order chi connectivity index (χ1) is 24.6. The number of ether oxygens (including phenoxy) is 10. The summed E-state index contributed by atoms with van der Waals surface area (Å²) < 4.78 is 61.8. The summed E-state index contributed by atoms with van der Waals surface area (Å²) in [6, 6.07) is 10.7. The highest BCUT2D eigenvalue weighted by molar-refractivity contribution is 6.33. The van der Waals surface area contributed by atoms with E-state index in [1.54, 1.807) is 19.2 Å². The molecule has 0 aromatic heterocycles. The summed E-state index contributed by atoms with van der Waals surface area (Å²) >= 11 is 7.13. The highest BCUT2D eigenvalue weighted by Gasteiger charge is 2.64. The lowest BCUT2D eigenvalue weighted by Crippen LogP contribution is -2.54. The minimum atomic E-state index is -1.50. The first-order valence-corrected chi connectivity index (χ1v) is 17.0. The van der Waals surface area contributed by atoms with Crippen molar-refractivity contribution in [3.8, 4) is 40.9 Å². The normalized spacial score (nSPS) is 33.2. The minimum Gasteiger partial charge on any atom is -0.497 e. The number of carbonyl (C=O) groups is 1. The first kappa shape index (κ1) is 35.6. The van der Waals surface area contributed by atoms with Gasteiger partial charge in [0.15, 0.2) is 47.0 Å². The van der Waals surface area contributed by atoms with Gasteiger partial charge in [0.25, 0.3) is 0 Å². The largest absolute Gasteiger partial charge is 0.497 e. The number of carbonyl (C=O) groups excluding carboxylic acids is 1. The van der Waals surface area contributed by atoms with Crippen LogP contribution in [0, 0.1) is 23.7 Å². The Morgan fingerprint density at radius 2 is 1.80 bits per heavy atom. The Morgan fingerprint density at radius 1 is 1.00 bits per heavy atom. The maximum atomic E-state index is 13.7. The fourth-order valence-electron chi connectivity index (χ4n) is 7.25. The molecule has 270 valence electrons. The zero-order valence-electron chi connectivity index (χ0n) is 29.2. The molecule has 2 saturated heterocycles. The van der Waals surface area contributed by atoms with Crippen LogP contribution in [0.2, 0.25) is 5.02 Å². The van der Waals surface area contributed by atoms with Crippen molar-refractivity contribution in [1.29, 1.82) is 0 Å². The van der Waals surface area contributed by atoms with Gasteiger partial charge >= 0.3 is 0 Å². The van der Waals surface area contributed by atoms with Crippen LogP contribution in [0.25, 0.3) is 0 Å². The van der Waals surface area contributed by atoms with Crippen molar-refractivity contribution in [3.05, 3.63) is 64.2 Å². The van der Waals surface area contributed by atoms with E-state index in [0.29, 0.717) is 34.6 Å². The summed E-state index contributed by atoms with van der Waals surface area (Å²) in [7, 11) is 6.12. The van der Waals surface area contributed by atoms with Gasteiger partial charge in [-0.2, -0.15) is 0 Å². The summed E-state index contributed by atoms with van der Waals surface area (Å²) in [5, 5.41) is 3.18. The van der Waals surface area contributed by atoms with E-state index < -0.39 is 53.8 Å². The standard InChI is InChI=1S/C38H40ClNO11/c1-36(2)49-30-14-9-23-17-18-37-28(45-6)15-16-29(38(23,30)51-36)47-34-26(44-5)13-12-25(33(34)39)27(46-21-42-3)19-32(41)40-20-31(37)48-35(50-37)22-7-10-24(43-4)11-8-22/h7-13,27-31,35H,14,19-21H2,1-6H3,(H,40,41)/t27-,28-,29-,30-,31-,35-,37+,38-/m1/s1. The topological polar surface area (TPSA) is 121 Å². The molecule has 12 nitrogen and oxygen atoms in total. The number of hydrogen-bond donors (Lipinski definition) is 1. The van der Waals surface area contributed by atoms with E-state index >= 15 is 0 Å². The van der Waals surface area contributed by atoms with Crippen molar-refractivity contribution in [3.63, 3.8) is 0 Å². The maximum Gasteiger partial charge on any atom is 0.223 e. The average molecular weight is 722 g/mol. The van der Waals surface area contributed by atoms with E-state index in [0.717, 1.165) is 0 Å². The van der Waals surface area contributed by atoms with Gasteiger partial charge in [0.2, 0.25) is 5.91 Å². The summed E-state index contributed by atoms with van der Waals surface area (Å²) in [6.07, 6.45) is -2.75. The fourth-order valence-corrected chi connectivity index (χ4v) is 7.57. The monoisotopic (exact) mass is 721 g/mol. The number of nitrogens with one attached hydrogen (secondary N) is 1. The van der Waals surface area contributed by atoms with Gasteiger partial charge in [-0.3, -0.25) is 4.79 Å². The Bertz CT molecular complexity index is 1820. The Labute approximate surface area is 301 Å². The van der Waals surface area contributed by atoms with Gasteiger partial charge in [0.1, 0.15) is 24.8 Å². The molecular weight excluding hydrogens is 682 g/mol. The predicted octanol–water partition coefficient (Wildman–Crippen LogP) is 4.39. The molecule has 3 aliphatic heterocycles. The summed E-state index contributed by atoms with van der Waals surface area (Å²) in [6.45, 7) is 3.58. The van der Waals surface area contributed by atoms with Gasteiger partial charge in [-0.15, -0.1) is 0 Å². The van der Waals surface area contributed by atoms with E-state index in [9.17, 15) is 4.79 Å². The van der Waals surface area contributed by atoms with Gasteiger partial charge in [-0.05, 0) is 38.5 Å². The van der Waals surface area contributed by atoms with E-state index in [1.165, 1.54) is 21.3 Å². The van der Waals surface area contributed by atoms with Crippen molar-refractivity contribution < 1.29 is 52.2 Å².